The monoisotopic (exact) mass is 412 g/mol. The van der Waals surface area contributed by atoms with Crippen LogP contribution in [0.15, 0.2) is 47.4 Å². The molecular formula is C19H19F3N2O3S. The van der Waals surface area contributed by atoms with Crippen LogP contribution in [0.5, 0.6) is 0 Å². The number of likely N-dealkylation sites (N-methyl/N-ethyl adjacent to an activating group) is 1. The number of carbonyl (C=O) groups excluding carboxylic acids is 2. The van der Waals surface area contributed by atoms with Crippen molar-refractivity contribution in [2.24, 2.45) is 0 Å². The molecule has 0 saturated heterocycles. The van der Waals surface area contributed by atoms with Crippen LogP contribution >= 0.6 is 11.8 Å². The third-order valence-electron chi connectivity index (χ3n) is 3.93. The highest BCUT2D eigenvalue weighted by molar-refractivity contribution is 7.98. The van der Waals surface area contributed by atoms with E-state index in [2.05, 4.69) is 0 Å². The first-order chi connectivity index (χ1) is 13.1. The van der Waals surface area contributed by atoms with Crippen LogP contribution in [-0.4, -0.2) is 36.7 Å². The van der Waals surface area contributed by atoms with Crippen LogP contribution < -0.4 is 5.73 Å². The van der Waals surface area contributed by atoms with E-state index in [1.54, 1.807) is 18.8 Å². The Bertz CT molecular complexity index is 854. The fourth-order valence-electron chi connectivity index (χ4n) is 2.33. The molecule has 150 valence electrons. The maximum Gasteiger partial charge on any atom is 0.416 e. The number of nitrogens with zero attached hydrogens (tertiary/aromatic N) is 1. The molecule has 28 heavy (non-hydrogen) atoms. The third kappa shape index (κ3) is 5.66. The molecule has 0 atom stereocenters. The van der Waals surface area contributed by atoms with Crippen molar-refractivity contribution in [3.63, 3.8) is 0 Å². The largest absolute Gasteiger partial charge is 0.452 e. The van der Waals surface area contributed by atoms with Gasteiger partial charge in [-0.15, -0.1) is 11.8 Å². The molecular weight excluding hydrogens is 393 g/mol. The Labute approximate surface area is 164 Å². The highest BCUT2D eigenvalue weighted by Crippen LogP contribution is 2.31. The number of thioether (sulfide) groups is 1. The molecule has 0 spiro atoms. The van der Waals surface area contributed by atoms with Crippen LogP contribution in [-0.2, 0) is 22.3 Å². The van der Waals surface area contributed by atoms with Gasteiger partial charge in [0, 0.05) is 24.2 Å². The first-order valence-electron chi connectivity index (χ1n) is 8.12. The average molecular weight is 412 g/mol. The standard InChI is InChI=1S/C19H19F3N2O3S/c1-24(10-12-3-6-14(28-2)7-4-12)17(25)11-27-18(26)15-8-5-13(9-16(15)23)19(20,21)22/h3-9H,10-11,23H2,1-2H3. The number of ether oxygens (including phenoxy) is 1. The Morgan fingerprint density at radius 1 is 1.14 bits per heavy atom. The predicted octanol–water partition coefficient (Wildman–Crippen LogP) is 3.82. The quantitative estimate of drug-likeness (QED) is 0.444. The van der Waals surface area contributed by atoms with Gasteiger partial charge in [0.15, 0.2) is 6.61 Å². The molecule has 2 rings (SSSR count). The molecule has 0 heterocycles. The summed E-state index contributed by atoms with van der Waals surface area (Å²) in [7, 11) is 1.56. The Kier molecular flexibility index (Phi) is 6.95. The van der Waals surface area contributed by atoms with E-state index >= 15 is 0 Å². The number of carbonyl (C=O) groups is 2. The van der Waals surface area contributed by atoms with Crippen molar-refractivity contribution in [2.45, 2.75) is 17.6 Å². The highest BCUT2D eigenvalue weighted by Gasteiger charge is 2.31. The molecule has 2 aromatic carbocycles. The molecule has 0 aliphatic heterocycles. The van der Waals surface area contributed by atoms with Gasteiger partial charge in [-0.05, 0) is 42.2 Å². The minimum Gasteiger partial charge on any atom is -0.452 e. The molecule has 9 heteroatoms. The third-order valence-corrected chi connectivity index (χ3v) is 4.67. The number of amides is 1. The Morgan fingerprint density at radius 3 is 2.32 bits per heavy atom. The lowest BCUT2D eigenvalue weighted by Gasteiger charge is -2.17. The van der Waals surface area contributed by atoms with Gasteiger partial charge in [-0.2, -0.15) is 13.2 Å². The second-order valence-corrected chi connectivity index (χ2v) is 6.85. The molecule has 2 aromatic rings. The maximum absolute atomic E-state index is 12.6. The minimum atomic E-state index is -4.57. The van der Waals surface area contributed by atoms with Gasteiger partial charge in [0.2, 0.25) is 0 Å². The summed E-state index contributed by atoms with van der Waals surface area (Å²) in [5, 5.41) is 0. The number of nitrogens with two attached hydrogens (primary N) is 1. The normalized spacial score (nSPS) is 11.2. The van der Waals surface area contributed by atoms with Gasteiger partial charge in [0.05, 0.1) is 11.1 Å². The number of esters is 1. The first kappa shape index (κ1) is 21.6. The number of nitrogen functional groups attached to an aromatic ring is 1. The van der Waals surface area contributed by atoms with Crippen LogP contribution in [0.1, 0.15) is 21.5 Å². The molecule has 0 radical (unpaired) electrons. The van der Waals surface area contributed by atoms with E-state index in [1.165, 1.54) is 4.90 Å². The number of halogens is 3. The summed E-state index contributed by atoms with van der Waals surface area (Å²) in [4.78, 5) is 26.7. The Morgan fingerprint density at radius 2 is 1.79 bits per heavy atom. The summed E-state index contributed by atoms with van der Waals surface area (Å²) in [6.45, 7) is -0.216. The summed E-state index contributed by atoms with van der Waals surface area (Å²) < 4.78 is 42.8. The van der Waals surface area contributed by atoms with Crippen molar-refractivity contribution in [3.05, 3.63) is 59.2 Å². The van der Waals surface area contributed by atoms with Gasteiger partial charge in [0.1, 0.15) is 0 Å². The van der Waals surface area contributed by atoms with Crippen molar-refractivity contribution in [2.75, 3.05) is 25.6 Å². The number of benzene rings is 2. The Balaban J connectivity index is 1.93. The zero-order chi connectivity index (χ0) is 20.9. The molecule has 0 aromatic heterocycles. The highest BCUT2D eigenvalue weighted by atomic mass is 32.2. The van der Waals surface area contributed by atoms with E-state index in [1.807, 2.05) is 30.5 Å². The molecule has 0 saturated carbocycles. The number of alkyl halides is 3. The summed E-state index contributed by atoms with van der Waals surface area (Å²) in [6.07, 6.45) is -2.61. The van der Waals surface area contributed by atoms with Crippen LogP contribution in [0.3, 0.4) is 0 Å². The maximum atomic E-state index is 12.6. The second-order valence-electron chi connectivity index (χ2n) is 5.97. The molecule has 0 aliphatic carbocycles. The molecule has 5 nitrogen and oxygen atoms in total. The van der Waals surface area contributed by atoms with Crippen LogP contribution in [0.4, 0.5) is 18.9 Å². The van der Waals surface area contributed by atoms with Crippen molar-refractivity contribution < 1.29 is 27.5 Å². The van der Waals surface area contributed by atoms with Gasteiger partial charge in [-0.1, -0.05) is 12.1 Å². The number of anilines is 1. The molecule has 0 aliphatic rings. The summed E-state index contributed by atoms with van der Waals surface area (Å²) in [5.74, 6) is -1.41. The molecule has 0 fully saturated rings. The van der Waals surface area contributed by atoms with Crippen LogP contribution in [0.2, 0.25) is 0 Å². The lowest BCUT2D eigenvalue weighted by Crippen LogP contribution is -2.31. The molecule has 2 N–H and O–H groups in total. The average Bonchev–Trinajstić information content (AvgIpc) is 2.65. The lowest BCUT2D eigenvalue weighted by atomic mass is 10.1. The van der Waals surface area contributed by atoms with E-state index in [4.69, 9.17) is 10.5 Å². The van der Waals surface area contributed by atoms with E-state index in [0.29, 0.717) is 12.6 Å². The summed E-state index contributed by atoms with van der Waals surface area (Å²) in [5.41, 5.74) is 4.86. The fourth-order valence-corrected chi connectivity index (χ4v) is 2.74. The fraction of sp³-hybridized carbons (Fsp3) is 0.263. The van der Waals surface area contributed by atoms with Crippen molar-refractivity contribution >= 4 is 29.3 Å². The molecule has 0 bridgehead atoms. The number of rotatable bonds is 6. The number of hydrogen-bond donors (Lipinski definition) is 1. The number of hydrogen-bond acceptors (Lipinski definition) is 5. The van der Waals surface area contributed by atoms with E-state index in [9.17, 15) is 22.8 Å². The zero-order valence-corrected chi connectivity index (χ0v) is 16.1. The molecule has 1 amide bonds. The van der Waals surface area contributed by atoms with Gasteiger partial charge in [0.25, 0.3) is 5.91 Å². The van der Waals surface area contributed by atoms with Gasteiger partial charge in [-0.25, -0.2) is 4.79 Å². The molecule has 0 unspecified atom stereocenters. The Hall–Kier alpha value is -2.68. The van der Waals surface area contributed by atoms with Gasteiger partial charge < -0.3 is 15.4 Å². The van der Waals surface area contributed by atoms with Crippen LogP contribution in [0.25, 0.3) is 0 Å². The van der Waals surface area contributed by atoms with E-state index < -0.39 is 30.2 Å². The minimum absolute atomic E-state index is 0.226. The summed E-state index contributed by atoms with van der Waals surface area (Å²) in [6, 6.07) is 9.98. The van der Waals surface area contributed by atoms with Gasteiger partial charge >= 0.3 is 12.1 Å². The smallest absolute Gasteiger partial charge is 0.416 e. The van der Waals surface area contributed by atoms with Crippen LogP contribution in [0, 0.1) is 0 Å². The van der Waals surface area contributed by atoms with E-state index in [-0.39, 0.29) is 11.3 Å². The summed E-state index contributed by atoms with van der Waals surface area (Å²) >= 11 is 1.60. The predicted molar refractivity (Wildman–Crippen MR) is 101 cm³/mol. The van der Waals surface area contributed by atoms with E-state index in [0.717, 1.165) is 22.6 Å². The SMILES string of the molecule is CSc1ccc(CN(C)C(=O)COC(=O)c2ccc(C(F)(F)F)cc2N)cc1. The first-order valence-corrected chi connectivity index (χ1v) is 9.35. The van der Waals surface area contributed by atoms with Crippen molar-refractivity contribution in [3.8, 4) is 0 Å². The lowest BCUT2D eigenvalue weighted by molar-refractivity contribution is -0.137. The van der Waals surface area contributed by atoms with Crippen molar-refractivity contribution in [1.82, 2.24) is 4.90 Å². The topological polar surface area (TPSA) is 72.6 Å². The van der Waals surface area contributed by atoms with Gasteiger partial charge in [-0.3, -0.25) is 4.79 Å². The zero-order valence-electron chi connectivity index (χ0n) is 15.2. The van der Waals surface area contributed by atoms with Crippen molar-refractivity contribution in [1.29, 1.82) is 0 Å². The second kappa shape index (κ2) is 9.01.